The van der Waals surface area contributed by atoms with Gasteiger partial charge in [0.1, 0.15) is 11.4 Å². The van der Waals surface area contributed by atoms with Crippen molar-refractivity contribution in [1.29, 1.82) is 0 Å². The van der Waals surface area contributed by atoms with Gasteiger partial charge in [0.25, 0.3) is 0 Å². The molecule has 0 radical (unpaired) electrons. The molecule has 1 N–H and O–H groups in total. The van der Waals surface area contributed by atoms with E-state index in [1.165, 1.54) is 0 Å². The smallest absolute Gasteiger partial charge is 0.158 e. The number of anilines is 1. The van der Waals surface area contributed by atoms with Crippen LogP contribution in [0.15, 0.2) is 79.4 Å². The summed E-state index contributed by atoms with van der Waals surface area (Å²) < 4.78 is 5.09. The molecule has 27 heavy (non-hydrogen) atoms. The van der Waals surface area contributed by atoms with Gasteiger partial charge in [0.2, 0.25) is 0 Å². The number of nitrogens with zero attached hydrogens (tertiary/aromatic N) is 1. The fraction of sp³-hybridized carbons (Fsp3) is 0.0909. The van der Waals surface area contributed by atoms with Gasteiger partial charge in [0.15, 0.2) is 5.75 Å². The van der Waals surface area contributed by atoms with E-state index >= 15 is 0 Å². The first kappa shape index (κ1) is 18.4. The maximum absolute atomic E-state index is 11.8. The zero-order chi connectivity index (χ0) is 19.2. The Hall–Kier alpha value is -3.44. The van der Waals surface area contributed by atoms with Crippen molar-refractivity contribution in [3.8, 4) is 28.4 Å². The van der Waals surface area contributed by atoms with E-state index in [0.29, 0.717) is 34.4 Å². The van der Waals surface area contributed by atoms with Gasteiger partial charge in [-0.1, -0.05) is 47.2 Å². The van der Waals surface area contributed by atoms with Gasteiger partial charge < -0.3 is 14.7 Å². The summed E-state index contributed by atoms with van der Waals surface area (Å²) in [6, 6.07) is 19.3. The molecule has 0 atom stereocenters. The SMILES string of the molecule is C=CCc1cc(-c2ccc(ON(O)c3ccc(OC)cc3)cc2)ccc1[O-]. The van der Waals surface area contributed by atoms with Gasteiger partial charge in [-0.15, -0.1) is 12.3 Å². The normalized spacial score (nSPS) is 10.3. The maximum atomic E-state index is 11.8. The summed E-state index contributed by atoms with van der Waals surface area (Å²) in [5, 5.41) is 22.6. The molecule has 138 valence electrons. The fourth-order valence-corrected chi connectivity index (χ4v) is 2.64. The van der Waals surface area contributed by atoms with Gasteiger partial charge in [-0.2, -0.15) is 0 Å². The predicted octanol–water partition coefficient (Wildman–Crippen LogP) is 4.35. The molecule has 0 unspecified atom stereocenters. The number of methoxy groups -OCH3 is 1. The van der Waals surface area contributed by atoms with Crippen molar-refractivity contribution in [2.24, 2.45) is 0 Å². The van der Waals surface area contributed by atoms with Crippen molar-refractivity contribution in [2.45, 2.75) is 6.42 Å². The molecule has 5 heteroatoms. The van der Waals surface area contributed by atoms with Gasteiger partial charge in [0.05, 0.1) is 7.11 Å². The summed E-state index contributed by atoms with van der Waals surface area (Å²) in [5.74, 6) is 1.18. The lowest BCUT2D eigenvalue weighted by Crippen LogP contribution is -2.22. The van der Waals surface area contributed by atoms with Crippen molar-refractivity contribution in [3.63, 3.8) is 0 Å². The topological polar surface area (TPSA) is 65.0 Å². The van der Waals surface area contributed by atoms with Crippen LogP contribution in [-0.4, -0.2) is 12.3 Å². The third kappa shape index (κ3) is 4.40. The van der Waals surface area contributed by atoms with Crippen LogP contribution in [0.25, 0.3) is 11.1 Å². The molecule has 0 aliphatic heterocycles. The summed E-state index contributed by atoms with van der Waals surface area (Å²) in [7, 11) is 1.58. The molecule has 0 aliphatic rings. The highest BCUT2D eigenvalue weighted by Gasteiger charge is 2.07. The van der Waals surface area contributed by atoms with Crippen LogP contribution in [-0.2, 0) is 6.42 Å². The first-order chi connectivity index (χ1) is 13.1. The van der Waals surface area contributed by atoms with Crippen LogP contribution in [0.1, 0.15) is 5.56 Å². The highest BCUT2D eigenvalue weighted by atomic mass is 16.9. The molecular weight excluding hydrogens is 342 g/mol. The number of ether oxygens (including phenoxy) is 1. The third-order valence-corrected chi connectivity index (χ3v) is 4.10. The summed E-state index contributed by atoms with van der Waals surface area (Å²) in [4.78, 5) is 5.43. The van der Waals surface area contributed by atoms with E-state index in [4.69, 9.17) is 9.57 Å². The summed E-state index contributed by atoms with van der Waals surface area (Å²) in [6.45, 7) is 3.68. The molecule has 0 saturated heterocycles. The molecule has 0 amide bonds. The van der Waals surface area contributed by atoms with Gasteiger partial charge in [-0.3, -0.25) is 5.21 Å². The van der Waals surface area contributed by atoms with Crippen LogP contribution in [0, 0.1) is 0 Å². The quantitative estimate of drug-likeness (QED) is 0.500. The van der Waals surface area contributed by atoms with E-state index in [1.54, 1.807) is 61.7 Å². The van der Waals surface area contributed by atoms with E-state index in [0.717, 1.165) is 11.1 Å². The Morgan fingerprint density at radius 3 is 2.22 bits per heavy atom. The van der Waals surface area contributed by atoms with E-state index in [9.17, 15) is 10.3 Å². The molecule has 0 aromatic heterocycles. The summed E-state index contributed by atoms with van der Waals surface area (Å²) >= 11 is 0. The highest BCUT2D eigenvalue weighted by Crippen LogP contribution is 2.27. The maximum Gasteiger partial charge on any atom is 0.158 e. The fourth-order valence-electron chi connectivity index (χ4n) is 2.64. The van der Waals surface area contributed by atoms with Crippen LogP contribution >= 0.6 is 0 Å². The lowest BCUT2D eigenvalue weighted by molar-refractivity contribution is -0.269. The third-order valence-electron chi connectivity index (χ3n) is 4.10. The molecule has 3 aromatic rings. The second-order valence-electron chi connectivity index (χ2n) is 5.90. The minimum atomic E-state index is 0.00835. The van der Waals surface area contributed by atoms with Crippen LogP contribution in [0.5, 0.6) is 17.2 Å². The molecule has 0 saturated carbocycles. The van der Waals surface area contributed by atoms with Crippen LogP contribution < -0.4 is 19.9 Å². The second-order valence-corrected chi connectivity index (χ2v) is 5.90. The first-order valence-electron chi connectivity index (χ1n) is 8.43. The zero-order valence-corrected chi connectivity index (χ0v) is 15.0. The number of benzene rings is 3. The number of hydrogen-bond donors (Lipinski definition) is 1. The molecular formula is C22H20NO4-. The van der Waals surface area contributed by atoms with Gasteiger partial charge in [-0.25, -0.2) is 0 Å². The van der Waals surface area contributed by atoms with Crippen LogP contribution in [0.2, 0.25) is 0 Å². The highest BCUT2D eigenvalue weighted by molar-refractivity contribution is 5.66. The second kappa shape index (κ2) is 8.29. The standard InChI is InChI=1S/C22H21NO4/c1-3-4-18-15-17(7-14-22(18)24)16-5-10-21(11-6-16)27-23(25)19-8-12-20(26-2)13-9-19/h3,5-15,24-25H,1,4H2,2H3/p-1. The molecule has 0 spiro atoms. The number of rotatable bonds is 7. The first-order valence-corrected chi connectivity index (χ1v) is 8.43. The van der Waals surface area contributed by atoms with E-state index < -0.39 is 0 Å². The summed E-state index contributed by atoms with van der Waals surface area (Å²) in [6.07, 6.45) is 2.25. The van der Waals surface area contributed by atoms with Gasteiger partial charge in [-0.05, 0) is 53.9 Å². The van der Waals surface area contributed by atoms with Crippen molar-refractivity contribution in [2.75, 3.05) is 12.3 Å². The zero-order valence-electron chi connectivity index (χ0n) is 15.0. The Morgan fingerprint density at radius 1 is 0.963 bits per heavy atom. The van der Waals surface area contributed by atoms with Crippen molar-refractivity contribution in [1.82, 2.24) is 0 Å². The Balaban J connectivity index is 1.73. The van der Waals surface area contributed by atoms with E-state index in [1.807, 2.05) is 18.2 Å². The Labute approximate surface area is 158 Å². The van der Waals surface area contributed by atoms with Gasteiger partial charge >= 0.3 is 0 Å². The van der Waals surface area contributed by atoms with Crippen molar-refractivity contribution >= 4 is 5.69 Å². The number of allylic oxidation sites excluding steroid dienone is 1. The lowest BCUT2D eigenvalue weighted by atomic mass is 10.0. The monoisotopic (exact) mass is 362 g/mol. The molecule has 0 fully saturated rings. The van der Waals surface area contributed by atoms with Crippen molar-refractivity contribution < 1.29 is 19.9 Å². The van der Waals surface area contributed by atoms with Gasteiger partial charge in [0, 0.05) is 0 Å². The molecule has 0 aliphatic carbocycles. The Morgan fingerprint density at radius 2 is 1.59 bits per heavy atom. The summed E-state index contributed by atoms with van der Waals surface area (Å²) in [5.41, 5.74) is 3.07. The molecule has 5 nitrogen and oxygen atoms in total. The average Bonchev–Trinajstić information content (AvgIpc) is 2.70. The number of hydrogen-bond acceptors (Lipinski definition) is 5. The Bertz CT molecular complexity index is 905. The molecule has 0 bridgehead atoms. The van der Waals surface area contributed by atoms with Crippen molar-refractivity contribution in [3.05, 3.63) is 84.9 Å². The molecule has 3 rings (SSSR count). The molecule has 3 aromatic carbocycles. The van der Waals surface area contributed by atoms with E-state index in [2.05, 4.69) is 6.58 Å². The van der Waals surface area contributed by atoms with Crippen LogP contribution in [0.4, 0.5) is 5.69 Å². The minimum absolute atomic E-state index is 0.00835. The largest absolute Gasteiger partial charge is 0.872 e. The molecule has 0 heterocycles. The predicted molar refractivity (Wildman–Crippen MR) is 103 cm³/mol. The minimum Gasteiger partial charge on any atom is -0.872 e. The average molecular weight is 362 g/mol. The van der Waals surface area contributed by atoms with Crippen LogP contribution in [0.3, 0.4) is 0 Å². The lowest BCUT2D eigenvalue weighted by Gasteiger charge is -2.17. The van der Waals surface area contributed by atoms with E-state index in [-0.39, 0.29) is 5.75 Å². The Kier molecular flexibility index (Phi) is 5.64.